The molecule has 1 aromatic rings. The van der Waals surface area contributed by atoms with Gasteiger partial charge in [0.1, 0.15) is 5.75 Å². The molecule has 0 heterocycles. The van der Waals surface area contributed by atoms with Crippen LogP contribution in [0.2, 0.25) is 0 Å². The van der Waals surface area contributed by atoms with Gasteiger partial charge in [0.05, 0.1) is 0 Å². The van der Waals surface area contributed by atoms with E-state index in [4.69, 9.17) is 0 Å². The van der Waals surface area contributed by atoms with Crippen LogP contribution in [0.4, 0.5) is 0 Å². The van der Waals surface area contributed by atoms with E-state index in [0.717, 1.165) is 22.1 Å². The van der Waals surface area contributed by atoms with E-state index in [0.29, 0.717) is 5.75 Å². The summed E-state index contributed by atoms with van der Waals surface area (Å²) in [5, 5.41) is 13.5. The Bertz CT molecular complexity index is 399. The molecular weight excluding hydrogens is 266 g/mol. The van der Waals surface area contributed by atoms with E-state index in [2.05, 4.69) is 28.2 Å². The van der Waals surface area contributed by atoms with E-state index >= 15 is 0 Å². The average Bonchev–Trinajstić information content (AvgIpc) is 2.18. The number of rotatable bonds is 3. The predicted molar refractivity (Wildman–Crippen MR) is 69.6 cm³/mol. The van der Waals surface area contributed by atoms with Gasteiger partial charge in [-0.15, -0.1) is 0 Å². The SMILES string of the molecule is Cc1cc(Br)cc(CNC2(C)CCC2)c1O. The average molecular weight is 284 g/mol. The number of halogens is 1. The van der Waals surface area contributed by atoms with Gasteiger partial charge in [-0.3, -0.25) is 0 Å². The fourth-order valence-corrected chi connectivity index (χ4v) is 2.75. The number of aromatic hydroxyl groups is 1. The van der Waals surface area contributed by atoms with Crippen molar-refractivity contribution in [2.24, 2.45) is 0 Å². The Morgan fingerprint density at radius 2 is 2.12 bits per heavy atom. The summed E-state index contributed by atoms with van der Waals surface area (Å²) in [5.74, 6) is 0.415. The number of phenols is 1. The molecule has 0 atom stereocenters. The Morgan fingerprint density at radius 3 is 2.69 bits per heavy atom. The molecule has 0 spiro atoms. The molecule has 2 nitrogen and oxygen atoms in total. The van der Waals surface area contributed by atoms with Gasteiger partial charge in [0.15, 0.2) is 0 Å². The molecule has 0 saturated heterocycles. The summed E-state index contributed by atoms with van der Waals surface area (Å²) in [5.41, 5.74) is 2.17. The fraction of sp³-hybridized carbons (Fsp3) is 0.538. The lowest BCUT2D eigenvalue weighted by molar-refractivity contribution is 0.206. The molecule has 0 amide bonds. The van der Waals surface area contributed by atoms with E-state index < -0.39 is 0 Å². The van der Waals surface area contributed by atoms with Crippen LogP contribution in [0.25, 0.3) is 0 Å². The van der Waals surface area contributed by atoms with Crippen molar-refractivity contribution in [2.45, 2.75) is 45.2 Å². The molecular formula is C13H18BrNO. The third-order valence-corrected chi connectivity index (χ3v) is 3.96. The zero-order chi connectivity index (χ0) is 11.8. The highest BCUT2D eigenvalue weighted by atomic mass is 79.9. The lowest BCUT2D eigenvalue weighted by Crippen LogP contribution is -2.47. The van der Waals surface area contributed by atoms with Crippen LogP contribution in [0.15, 0.2) is 16.6 Å². The van der Waals surface area contributed by atoms with E-state index in [1.165, 1.54) is 19.3 Å². The maximum absolute atomic E-state index is 9.95. The molecule has 0 radical (unpaired) electrons. The first kappa shape index (κ1) is 11.9. The maximum atomic E-state index is 9.95. The molecule has 0 unspecified atom stereocenters. The van der Waals surface area contributed by atoms with Gasteiger partial charge in [-0.25, -0.2) is 0 Å². The first-order valence-corrected chi connectivity index (χ1v) is 6.52. The van der Waals surface area contributed by atoms with Crippen LogP contribution in [0.1, 0.15) is 37.3 Å². The van der Waals surface area contributed by atoms with Crippen LogP contribution in [-0.2, 0) is 6.54 Å². The zero-order valence-electron chi connectivity index (χ0n) is 9.81. The van der Waals surface area contributed by atoms with Gasteiger partial charge in [-0.1, -0.05) is 15.9 Å². The maximum Gasteiger partial charge on any atom is 0.123 e. The van der Waals surface area contributed by atoms with Crippen molar-refractivity contribution in [1.82, 2.24) is 5.32 Å². The number of hydrogen-bond donors (Lipinski definition) is 2. The van der Waals surface area contributed by atoms with Gasteiger partial charge in [-0.2, -0.15) is 0 Å². The van der Waals surface area contributed by atoms with Crippen LogP contribution < -0.4 is 5.32 Å². The van der Waals surface area contributed by atoms with Crippen molar-refractivity contribution >= 4 is 15.9 Å². The number of hydrogen-bond acceptors (Lipinski definition) is 2. The molecule has 0 aromatic heterocycles. The summed E-state index contributed by atoms with van der Waals surface area (Å²) >= 11 is 3.46. The summed E-state index contributed by atoms with van der Waals surface area (Å²) in [6.45, 7) is 4.91. The molecule has 88 valence electrons. The molecule has 3 heteroatoms. The van der Waals surface area contributed by atoms with E-state index in [-0.39, 0.29) is 5.54 Å². The van der Waals surface area contributed by atoms with Gasteiger partial charge in [-0.05, 0) is 50.8 Å². The van der Waals surface area contributed by atoms with Crippen LogP contribution in [0.3, 0.4) is 0 Å². The van der Waals surface area contributed by atoms with Gasteiger partial charge in [0.2, 0.25) is 0 Å². The Labute approximate surface area is 105 Å². The third-order valence-electron chi connectivity index (χ3n) is 3.51. The van der Waals surface area contributed by atoms with Crippen LogP contribution in [0.5, 0.6) is 5.75 Å². The second-order valence-electron chi connectivity index (χ2n) is 5.00. The topological polar surface area (TPSA) is 32.3 Å². The summed E-state index contributed by atoms with van der Waals surface area (Å²) in [6.07, 6.45) is 3.79. The highest BCUT2D eigenvalue weighted by Crippen LogP contribution is 2.32. The molecule has 1 aliphatic rings. The lowest BCUT2D eigenvalue weighted by atomic mass is 9.78. The number of aryl methyl sites for hydroxylation is 1. The standard InChI is InChI=1S/C13H18BrNO/c1-9-6-11(14)7-10(12(9)16)8-15-13(2)4-3-5-13/h6-7,15-16H,3-5,8H2,1-2H3. The minimum absolute atomic E-state index is 0.280. The van der Waals surface area contributed by atoms with Gasteiger partial charge >= 0.3 is 0 Å². The lowest BCUT2D eigenvalue weighted by Gasteiger charge is -2.39. The van der Waals surface area contributed by atoms with Gasteiger partial charge in [0, 0.05) is 22.1 Å². The Morgan fingerprint density at radius 1 is 1.44 bits per heavy atom. The zero-order valence-corrected chi connectivity index (χ0v) is 11.4. The molecule has 1 fully saturated rings. The van der Waals surface area contributed by atoms with Crippen molar-refractivity contribution in [3.8, 4) is 5.75 Å². The van der Waals surface area contributed by atoms with Gasteiger partial charge in [0.25, 0.3) is 0 Å². The predicted octanol–water partition coefficient (Wildman–Crippen LogP) is 3.50. The monoisotopic (exact) mass is 283 g/mol. The smallest absolute Gasteiger partial charge is 0.123 e. The fourth-order valence-electron chi connectivity index (χ4n) is 2.13. The molecule has 2 rings (SSSR count). The molecule has 16 heavy (non-hydrogen) atoms. The van der Waals surface area contributed by atoms with Crippen LogP contribution >= 0.6 is 15.9 Å². The third kappa shape index (κ3) is 2.41. The van der Waals surface area contributed by atoms with Crippen molar-refractivity contribution in [2.75, 3.05) is 0 Å². The molecule has 0 bridgehead atoms. The Kier molecular flexibility index (Phi) is 3.27. The largest absolute Gasteiger partial charge is 0.507 e. The number of benzene rings is 1. The number of phenolic OH excluding ortho intramolecular Hbond substituents is 1. The summed E-state index contributed by atoms with van der Waals surface area (Å²) in [6, 6.07) is 3.92. The van der Waals surface area contributed by atoms with Crippen molar-refractivity contribution in [3.63, 3.8) is 0 Å². The normalized spacial score (nSPS) is 18.2. The summed E-state index contributed by atoms with van der Waals surface area (Å²) in [4.78, 5) is 0. The Balaban J connectivity index is 2.09. The van der Waals surface area contributed by atoms with E-state index in [1.54, 1.807) is 0 Å². The minimum atomic E-state index is 0.280. The molecule has 1 aromatic carbocycles. The van der Waals surface area contributed by atoms with Crippen LogP contribution in [-0.4, -0.2) is 10.6 Å². The van der Waals surface area contributed by atoms with Gasteiger partial charge < -0.3 is 10.4 Å². The van der Waals surface area contributed by atoms with Crippen molar-refractivity contribution < 1.29 is 5.11 Å². The molecule has 1 aliphatic carbocycles. The quantitative estimate of drug-likeness (QED) is 0.890. The van der Waals surface area contributed by atoms with Crippen molar-refractivity contribution in [3.05, 3.63) is 27.7 Å². The van der Waals surface area contributed by atoms with Crippen LogP contribution in [0, 0.1) is 6.92 Å². The highest BCUT2D eigenvalue weighted by molar-refractivity contribution is 9.10. The second kappa shape index (κ2) is 4.38. The highest BCUT2D eigenvalue weighted by Gasteiger charge is 2.30. The summed E-state index contributed by atoms with van der Waals surface area (Å²) in [7, 11) is 0. The van der Waals surface area contributed by atoms with E-state index in [1.807, 2.05) is 19.1 Å². The second-order valence-corrected chi connectivity index (χ2v) is 5.91. The minimum Gasteiger partial charge on any atom is -0.507 e. The van der Waals surface area contributed by atoms with E-state index in [9.17, 15) is 5.11 Å². The molecule has 0 aliphatic heterocycles. The summed E-state index contributed by atoms with van der Waals surface area (Å²) < 4.78 is 1.03. The first-order chi connectivity index (χ1) is 7.50. The first-order valence-electron chi connectivity index (χ1n) is 5.73. The van der Waals surface area contributed by atoms with Crippen molar-refractivity contribution in [1.29, 1.82) is 0 Å². The molecule has 2 N–H and O–H groups in total. The Hall–Kier alpha value is -0.540. The molecule has 1 saturated carbocycles. The number of nitrogens with one attached hydrogen (secondary N) is 1.